The van der Waals surface area contributed by atoms with Gasteiger partial charge in [-0.05, 0) is 28.8 Å². The summed E-state index contributed by atoms with van der Waals surface area (Å²) in [6.45, 7) is 5.89. The number of carbonyl (C=O) groups is 3. The first-order chi connectivity index (χ1) is 15.0. The van der Waals surface area contributed by atoms with E-state index < -0.39 is 6.04 Å². The van der Waals surface area contributed by atoms with Gasteiger partial charge < -0.3 is 15.1 Å². The van der Waals surface area contributed by atoms with Crippen molar-refractivity contribution < 1.29 is 14.4 Å². The lowest BCUT2D eigenvalue weighted by molar-refractivity contribution is -0.139. The Morgan fingerprint density at radius 2 is 1.71 bits per heavy atom. The van der Waals surface area contributed by atoms with E-state index in [1.165, 1.54) is 10.8 Å². The van der Waals surface area contributed by atoms with Crippen molar-refractivity contribution in [1.29, 1.82) is 0 Å². The highest BCUT2D eigenvalue weighted by atomic mass is 16.2. The molecule has 4 rings (SSSR count). The third-order valence-corrected chi connectivity index (χ3v) is 6.30. The van der Waals surface area contributed by atoms with Crippen LogP contribution in [-0.2, 0) is 20.9 Å². The summed E-state index contributed by atoms with van der Waals surface area (Å²) in [7, 11) is 0. The molecule has 0 unspecified atom stereocenters. The number of nitrogens with zero attached hydrogens (tertiary/aromatic N) is 3. The van der Waals surface area contributed by atoms with E-state index in [4.69, 9.17) is 0 Å². The minimum absolute atomic E-state index is 0.0176. The molecule has 7 heteroatoms. The van der Waals surface area contributed by atoms with Gasteiger partial charge in [-0.2, -0.15) is 0 Å². The molecule has 0 aromatic heterocycles. The van der Waals surface area contributed by atoms with Gasteiger partial charge in [0.1, 0.15) is 0 Å². The number of piperazine rings is 1. The number of rotatable bonds is 4. The van der Waals surface area contributed by atoms with Crippen molar-refractivity contribution >= 4 is 28.5 Å². The van der Waals surface area contributed by atoms with Gasteiger partial charge in [0, 0.05) is 52.7 Å². The Morgan fingerprint density at radius 1 is 0.968 bits per heavy atom. The predicted molar refractivity (Wildman–Crippen MR) is 119 cm³/mol. The Hall–Kier alpha value is -2.93. The molecule has 0 saturated carbocycles. The van der Waals surface area contributed by atoms with Crippen LogP contribution < -0.4 is 5.32 Å². The number of hydrogen-bond acceptors (Lipinski definition) is 4. The molecule has 0 spiro atoms. The molecule has 2 aromatic carbocycles. The summed E-state index contributed by atoms with van der Waals surface area (Å²) in [5.41, 5.74) is 1.14. The maximum atomic E-state index is 13.0. The third kappa shape index (κ3) is 5.05. The molecule has 0 bridgehead atoms. The largest absolute Gasteiger partial charge is 0.353 e. The molecule has 1 N–H and O–H groups in total. The van der Waals surface area contributed by atoms with E-state index in [0.29, 0.717) is 45.8 Å². The van der Waals surface area contributed by atoms with Crippen LogP contribution in [0.2, 0.25) is 0 Å². The molecule has 7 nitrogen and oxygen atoms in total. The van der Waals surface area contributed by atoms with Crippen LogP contribution in [0.4, 0.5) is 0 Å². The van der Waals surface area contributed by atoms with Crippen molar-refractivity contribution in [1.82, 2.24) is 20.0 Å². The Labute approximate surface area is 183 Å². The topological polar surface area (TPSA) is 73.0 Å². The molecule has 2 aliphatic heterocycles. The highest BCUT2D eigenvalue weighted by Crippen LogP contribution is 2.20. The van der Waals surface area contributed by atoms with Crippen LogP contribution in [0.15, 0.2) is 42.5 Å². The second kappa shape index (κ2) is 9.47. The van der Waals surface area contributed by atoms with Crippen LogP contribution >= 0.6 is 0 Å². The predicted octanol–water partition coefficient (Wildman–Crippen LogP) is 1.61. The van der Waals surface area contributed by atoms with E-state index in [1.807, 2.05) is 12.1 Å². The molecule has 0 radical (unpaired) electrons. The first kappa shape index (κ1) is 21.3. The minimum atomic E-state index is -0.472. The second-order valence-electron chi connectivity index (χ2n) is 8.40. The van der Waals surface area contributed by atoms with Crippen LogP contribution in [0, 0.1) is 0 Å². The molecule has 2 heterocycles. The number of hydrogen-bond donors (Lipinski definition) is 1. The molecule has 2 aliphatic rings. The van der Waals surface area contributed by atoms with E-state index in [9.17, 15) is 14.4 Å². The van der Waals surface area contributed by atoms with Gasteiger partial charge in [-0.25, -0.2) is 0 Å². The fourth-order valence-electron chi connectivity index (χ4n) is 4.52. The highest BCUT2D eigenvalue weighted by molar-refractivity contribution is 5.89. The van der Waals surface area contributed by atoms with E-state index in [-0.39, 0.29) is 24.1 Å². The van der Waals surface area contributed by atoms with Gasteiger partial charge in [-0.1, -0.05) is 36.4 Å². The lowest BCUT2D eigenvalue weighted by atomic mass is 10.0. The van der Waals surface area contributed by atoms with Gasteiger partial charge in [0.15, 0.2) is 0 Å². The first-order valence-electron chi connectivity index (χ1n) is 11.0. The average Bonchev–Trinajstić information content (AvgIpc) is 3.03. The summed E-state index contributed by atoms with van der Waals surface area (Å²) in [6.07, 6.45) is 0.933. The maximum Gasteiger partial charge on any atom is 0.237 e. The Morgan fingerprint density at radius 3 is 2.52 bits per heavy atom. The summed E-state index contributed by atoms with van der Waals surface area (Å²) >= 11 is 0. The zero-order chi connectivity index (χ0) is 21.8. The number of benzene rings is 2. The number of fused-ring (bicyclic) bond motifs is 1. The Bertz CT molecular complexity index is 976. The van der Waals surface area contributed by atoms with Gasteiger partial charge in [0.05, 0.1) is 12.5 Å². The molecule has 2 aromatic rings. The maximum absolute atomic E-state index is 13.0. The molecule has 164 valence electrons. The monoisotopic (exact) mass is 422 g/mol. The third-order valence-electron chi connectivity index (χ3n) is 6.30. The smallest absolute Gasteiger partial charge is 0.237 e. The molecule has 2 fully saturated rings. The van der Waals surface area contributed by atoms with Crippen molar-refractivity contribution in [2.75, 3.05) is 39.3 Å². The quantitative estimate of drug-likeness (QED) is 0.813. The lowest BCUT2D eigenvalue weighted by Crippen LogP contribution is -2.56. The van der Waals surface area contributed by atoms with E-state index in [1.54, 1.807) is 16.7 Å². The molecular formula is C24H30N4O3. The number of amides is 3. The van der Waals surface area contributed by atoms with Crippen molar-refractivity contribution in [3.05, 3.63) is 48.0 Å². The zero-order valence-corrected chi connectivity index (χ0v) is 18.0. The van der Waals surface area contributed by atoms with Crippen LogP contribution in [0.5, 0.6) is 0 Å². The average molecular weight is 423 g/mol. The van der Waals surface area contributed by atoms with Crippen LogP contribution in [0.3, 0.4) is 0 Å². The fourth-order valence-corrected chi connectivity index (χ4v) is 4.52. The normalized spacial score (nSPS) is 20.4. The van der Waals surface area contributed by atoms with Crippen LogP contribution in [0.25, 0.3) is 10.8 Å². The van der Waals surface area contributed by atoms with Crippen molar-refractivity contribution in [3.63, 3.8) is 0 Å². The molecular weight excluding hydrogens is 392 g/mol. The summed E-state index contributed by atoms with van der Waals surface area (Å²) in [6, 6.07) is 14.1. The summed E-state index contributed by atoms with van der Waals surface area (Å²) < 4.78 is 0. The van der Waals surface area contributed by atoms with Crippen LogP contribution in [0.1, 0.15) is 25.3 Å². The Kier molecular flexibility index (Phi) is 6.51. The van der Waals surface area contributed by atoms with Gasteiger partial charge in [-0.3, -0.25) is 19.3 Å². The Balaban J connectivity index is 1.44. The fraction of sp³-hybridized carbons (Fsp3) is 0.458. The summed E-state index contributed by atoms with van der Waals surface area (Å²) in [5, 5.41) is 5.28. The minimum Gasteiger partial charge on any atom is -0.353 e. The molecule has 1 atom stereocenters. The van der Waals surface area contributed by atoms with Crippen LogP contribution in [-0.4, -0.2) is 77.7 Å². The highest BCUT2D eigenvalue weighted by Gasteiger charge is 2.33. The molecule has 3 amide bonds. The van der Waals surface area contributed by atoms with E-state index in [0.717, 1.165) is 12.0 Å². The van der Waals surface area contributed by atoms with E-state index in [2.05, 4.69) is 40.5 Å². The molecule has 31 heavy (non-hydrogen) atoms. The van der Waals surface area contributed by atoms with Crippen molar-refractivity contribution in [2.24, 2.45) is 0 Å². The molecule has 0 aliphatic carbocycles. The number of carbonyl (C=O) groups excluding carboxylic acids is 3. The lowest BCUT2D eigenvalue weighted by Gasteiger charge is -2.35. The standard InChI is InChI=1S/C24H30N4O3/c1-18(29)26-10-4-11-27(14-13-26)23(30)16-22-24(31)25-9-12-28(22)17-19-7-8-20-5-2-3-6-21(20)15-19/h2-3,5-8,15,22H,4,9-14,16-17H2,1H3,(H,25,31)/t22-/m1/s1. The zero-order valence-electron chi connectivity index (χ0n) is 18.0. The second-order valence-corrected chi connectivity index (χ2v) is 8.40. The number of nitrogens with one attached hydrogen (secondary N) is 1. The van der Waals surface area contributed by atoms with Gasteiger partial charge in [0.25, 0.3) is 0 Å². The molecule has 2 saturated heterocycles. The summed E-state index contributed by atoms with van der Waals surface area (Å²) in [4.78, 5) is 43.0. The van der Waals surface area contributed by atoms with Gasteiger partial charge >= 0.3 is 0 Å². The van der Waals surface area contributed by atoms with Gasteiger partial charge in [-0.15, -0.1) is 0 Å². The van der Waals surface area contributed by atoms with Gasteiger partial charge in [0.2, 0.25) is 17.7 Å². The first-order valence-corrected chi connectivity index (χ1v) is 11.0. The summed E-state index contributed by atoms with van der Waals surface area (Å²) in [5.74, 6) is -0.0564. The SMILES string of the molecule is CC(=O)N1CCCN(C(=O)C[C@@H]2C(=O)NCCN2Cc2ccc3ccccc3c2)CC1. The van der Waals surface area contributed by atoms with Crippen molar-refractivity contribution in [2.45, 2.75) is 32.4 Å². The van der Waals surface area contributed by atoms with Crippen molar-refractivity contribution in [3.8, 4) is 0 Å². The van der Waals surface area contributed by atoms with E-state index >= 15 is 0 Å².